The molecular formula is C24H31F3N2O2. The molecule has 0 bridgehead atoms. The number of alkyl halides is 3. The molecule has 0 aliphatic rings. The molecule has 0 heterocycles. The Balaban J connectivity index is 2.36. The molecule has 7 heteroatoms. The molecule has 2 aromatic rings. The third kappa shape index (κ3) is 7.58. The highest BCUT2D eigenvalue weighted by Gasteiger charge is 2.31. The lowest BCUT2D eigenvalue weighted by Gasteiger charge is -2.26. The average molecular weight is 437 g/mol. The van der Waals surface area contributed by atoms with Crippen molar-refractivity contribution in [1.29, 1.82) is 0 Å². The van der Waals surface area contributed by atoms with E-state index in [0.29, 0.717) is 36.9 Å². The van der Waals surface area contributed by atoms with Crippen molar-refractivity contribution in [3.05, 3.63) is 59.7 Å². The number of unbranched alkanes of at least 4 members (excludes halogenated alkanes) is 1. The van der Waals surface area contributed by atoms with Crippen LogP contribution >= 0.6 is 0 Å². The predicted molar refractivity (Wildman–Crippen MR) is 118 cm³/mol. The Hall–Kier alpha value is -2.54. The summed E-state index contributed by atoms with van der Waals surface area (Å²) in [6.07, 6.45) is -2.94. The Morgan fingerprint density at radius 1 is 1.00 bits per heavy atom. The molecule has 2 aromatic carbocycles. The lowest BCUT2D eigenvalue weighted by molar-refractivity contribution is -0.137. The summed E-state index contributed by atoms with van der Waals surface area (Å²) in [5, 5.41) is 0. The molecule has 170 valence electrons. The molecule has 0 radical (unpaired) electrons. The maximum absolute atomic E-state index is 13.3. The molecule has 0 aromatic heterocycles. The molecular weight excluding hydrogens is 405 g/mol. The number of rotatable bonds is 10. The lowest BCUT2D eigenvalue weighted by Crippen LogP contribution is -2.33. The number of hydrogen-bond acceptors (Lipinski definition) is 3. The van der Waals surface area contributed by atoms with E-state index in [2.05, 4.69) is 4.90 Å². The Morgan fingerprint density at radius 2 is 1.68 bits per heavy atom. The number of hydrogen-bond donors (Lipinski definition) is 0. The summed E-state index contributed by atoms with van der Waals surface area (Å²) in [5.41, 5.74) is -0.272. The van der Waals surface area contributed by atoms with Gasteiger partial charge in [0.05, 0.1) is 17.9 Å². The van der Waals surface area contributed by atoms with Gasteiger partial charge in [0.1, 0.15) is 5.75 Å². The summed E-state index contributed by atoms with van der Waals surface area (Å²) in [5.74, 6) is 0.362. The maximum atomic E-state index is 13.3. The molecule has 0 N–H and O–H groups in total. The normalized spacial score (nSPS) is 11.8. The fraction of sp³-hybridized carbons (Fsp3) is 0.458. The Labute approximate surface area is 182 Å². The molecule has 2 rings (SSSR count). The summed E-state index contributed by atoms with van der Waals surface area (Å²) in [6.45, 7) is 5.76. The van der Waals surface area contributed by atoms with Gasteiger partial charge in [-0.15, -0.1) is 0 Å². The first-order valence-corrected chi connectivity index (χ1v) is 10.4. The van der Waals surface area contributed by atoms with Crippen LogP contribution in [0.15, 0.2) is 48.5 Å². The second kappa shape index (κ2) is 11.2. The molecule has 0 fully saturated rings. The monoisotopic (exact) mass is 436 g/mol. The van der Waals surface area contributed by atoms with Crippen LogP contribution in [0.2, 0.25) is 0 Å². The van der Waals surface area contributed by atoms with E-state index in [1.807, 2.05) is 34.0 Å². The maximum Gasteiger partial charge on any atom is 0.416 e. The molecule has 0 aliphatic heterocycles. The van der Waals surface area contributed by atoms with E-state index in [9.17, 15) is 18.0 Å². The van der Waals surface area contributed by atoms with Gasteiger partial charge in [0.2, 0.25) is 0 Å². The van der Waals surface area contributed by atoms with E-state index in [1.54, 1.807) is 18.2 Å². The van der Waals surface area contributed by atoms with E-state index in [0.717, 1.165) is 25.1 Å². The predicted octanol–water partition coefficient (Wildman–Crippen LogP) is 5.73. The largest absolute Gasteiger partial charge is 0.491 e. The number of ether oxygens (including phenoxy) is 1. The molecule has 0 atom stereocenters. The minimum Gasteiger partial charge on any atom is -0.491 e. The number of anilines is 1. The smallest absolute Gasteiger partial charge is 0.416 e. The first-order chi connectivity index (χ1) is 14.6. The van der Waals surface area contributed by atoms with Crippen LogP contribution in [-0.2, 0) is 6.18 Å². The van der Waals surface area contributed by atoms with Crippen molar-refractivity contribution >= 4 is 11.6 Å². The SMILES string of the molecule is CC(C)COc1ccccc1N(CCCCN(C)C)C(=O)c1cccc(C(F)(F)F)c1. The average Bonchev–Trinajstić information content (AvgIpc) is 2.71. The fourth-order valence-electron chi connectivity index (χ4n) is 3.07. The quantitative estimate of drug-likeness (QED) is 0.446. The van der Waals surface area contributed by atoms with Gasteiger partial charge in [-0.25, -0.2) is 0 Å². The van der Waals surface area contributed by atoms with E-state index in [-0.39, 0.29) is 5.56 Å². The van der Waals surface area contributed by atoms with Crippen molar-refractivity contribution in [2.24, 2.45) is 5.92 Å². The van der Waals surface area contributed by atoms with Gasteiger partial charge in [0.15, 0.2) is 0 Å². The van der Waals surface area contributed by atoms with Gasteiger partial charge < -0.3 is 14.5 Å². The fourth-order valence-corrected chi connectivity index (χ4v) is 3.07. The number of carbonyl (C=O) groups is 1. The Kier molecular flexibility index (Phi) is 8.92. The van der Waals surface area contributed by atoms with Crippen LogP contribution in [0.5, 0.6) is 5.75 Å². The van der Waals surface area contributed by atoms with Crippen LogP contribution < -0.4 is 9.64 Å². The number of carbonyl (C=O) groups excluding carboxylic acids is 1. The summed E-state index contributed by atoms with van der Waals surface area (Å²) in [6, 6.07) is 11.7. The molecule has 0 saturated heterocycles. The number of benzene rings is 2. The van der Waals surface area contributed by atoms with Crippen LogP contribution in [0.25, 0.3) is 0 Å². The third-order valence-corrected chi connectivity index (χ3v) is 4.65. The van der Waals surface area contributed by atoms with Crippen LogP contribution in [-0.4, -0.2) is 44.6 Å². The molecule has 0 aliphatic carbocycles. The van der Waals surface area contributed by atoms with Gasteiger partial charge >= 0.3 is 6.18 Å². The van der Waals surface area contributed by atoms with Crippen LogP contribution in [0.4, 0.5) is 18.9 Å². The molecule has 0 unspecified atom stereocenters. The zero-order chi connectivity index (χ0) is 23.0. The number of amides is 1. The Bertz CT molecular complexity index is 851. The second-order valence-corrected chi connectivity index (χ2v) is 8.22. The minimum absolute atomic E-state index is 0.00102. The molecule has 1 amide bonds. The number of nitrogens with zero attached hydrogens (tertiary/aromatic N) is 2. The van der Waals surface area contributed by atoms with Gasteiger partial charge in [-0.05, 0) is 69.7 Å². The lowest BCUT2D eigenvalue weighted by atomic mass is 10.1. The van der Waals surface area contributed by atoms with Gasteiger partial charge in [-0.1, -0.05) is 32.0 Å². The van der Waals surface area contributed by atoms with Crippen molar-refractivity contribution in [3.63, 3.8) is 0 Å². The highest BCUT2D eigenvalue weighted by Crippen LogP contribution is 2.32. The van der Waals surface area contributed by atoms with Gasteiger partial charge in [-0.3, -0.25) is 4.79 Å². The summed E-state index contributed by atoms with van der Waals surface area (Å²) >= 11 is 0. The van der Waals surface area contributed by atoms with Crippen molar-refractivity contribution < 1.29 is 22.7 Å². The van der Waals surface area contributed by atoms with Crippen molar-refractivity contribution in [2.45, 2.75) is 32.9 Å². The van der Waals surface area contributed by atoms with Gasteiger partial charge in [-0.2, -0.15) is 13.2 Å². The van der Waals surface area contributed by atoms with Gasteiger partial charge in [0, 0.05) is 12.1 Å². The molecule has 0 saturated carbocycles. The zero-order valence-electron chi connectivity index (χ0n) is 18.6. The highest BCUT2D eigenvalue weighted by atomic mass is 19.4. The zero-order valence-corrected chi connectivity index (χ0v) is 18.6. The second-order valence-electron chi connectivity index (χ2n) is 8.22. The van der Waals surface area contributed by atoms with E-state index < -0.39 is 17.6 Å². The third-order valence-electron chi connectivity index (χ3n) is 4.65. The number of para-hydroxylation sites is 2. The summed E-state index contributed by atoms with van der Waals surface area (Å²) in [4.78, 5) is 16.9. The van der Waals surface area contributed by atoms with Crippen molar-refractivity contribution in [2.75, 3.05) is 38.7 Å². The number of halogens is 3. The van der Waals surface area contributed by atoms with Crippen LogP contribution in [0.1, 0.15) is 42.6 Å². The van der Waals surface area contributed by atoms with Crippen molar-refractivity contribution in [1.82, 2.24) is 4.90 Å². The molecule has 31 heavy (non-hydrogen) atoms. The Morgan fingerprint density at radius 3 is 2.32 bits per heavy atom. The first kappa shape index (κ1) is 24.7. The van der Waals surface area contributed by atoms with Crippen molar-refractivity contribution in [3.8, 4) is 5.75 Å². The summed E-state index contributed by atoms with van der Waals surface area (Å²) in [7, 11) is 3.95. The summed E-state index contributed by atoms with van der Waals surface area (Å²) < 4.78 is 45.4. The van der Waals surface area contributed by atoms with Crippen LogP contribution in [0.3, 0.4) is 0 Å². The van der Waals surface area contributed by atoms with Crippen LogP contribution in [0, 0.1) is 5.92 Å². The van der Waals surface area contributed by atoms with E-state index in [1.165, 1.54) is 17.0 Å². The van der Waals surface area contributed by atoms with E-state index >= 15 is 0 Å². The standard InChI is InChI=1S/C24H31F3N2O2/c1-18(2)17-31-22-13-6-5-12-21(22)29(15-8-7-14-28(3)4)23(30)19-10-9-11-20(16-19)24(25,26)27/h5-6,9-13,16,18H,7-8,14-15,17H2,1-4H3. The minimum atomic E-state index is -4.51. The molecule has 4 nitrogen and oxygen atoms in total. The first-order valence-electron chi connectivity index (χ1n) is 10.4. The topological polar surface area (TPSA) is 32.8 Å². The molecule has 0 spiro atoms. The van der Waals surface area contributed by atoms with Gasteiger partial charge in [0.25, 0.3) is 5.91 Å². The highest BCUT2D eigenvalue weighted by molar-refractivity contribution is 6.07. The van der Waals surface area contributed by atoms with E-state index in [4.69, 9.17) is 4.74 Å².